The van der Waals surface area contributed by atoms with Crippen LogP contribution in [-0.4, -0.2) is 61.9 Å². The largest absolute Gasteiger partial charge is 0.393 e. The van der Waals surface area contributed by atoms with Gasteiger partial charge in [0.2, 0.25) is 10.0 Å². The van der Waals surface area contributed by atoms with Crippen molar-refractivity contribution >= 4 is 31.5 Å². The number of sulfonamides is 1. The lowest BCUT2D eigenvalue weighted by Gasteiger charge is -2.26. The van der Waals surface area contributed by atoms with Crippen molar-refractivity contribution in [2.45, 2.75) is 34.0 Å². The first-order valence-electron chi connectivity index (χ1n) is 9.35. The van der Waals surface area contributed by atoms with Crippen LogP contribution in [0.5, 0.6) is 0 Å². The summed E-state index contributed by atoms with van der Waals surface area (Å²) in [6, 6.07) is 11.4. The molecule has 1 heterocycles. The summed E-state index contributed by atoms with van der Waals surface area (Å²) in [5, 5.41) is 28.5. The van der Waals surface area contributed by atoms with E-state index in [1.165, 1.54) is 42.5 Å². The van der Waals surface area contributed by atoms with E-state index in [9.17, 15) is 27.0 Å². The number of nitrogens with zero attached hydrogens (tertiary/aromatic N) is 2. The van der Waals surface area contributed by atoms with Gasteiger partial charge in [0.1, 0.15) is 10.9 Å². The fourth-order valence-corrected chi connectivity index (χ4v) is 7.61. The average Bonchev–Trinajstić information content (AvgIpc) is 3.13. The highest BCUT2D eigenvalue weighted by atomic mass is 35.5. The van der Waals surface area contributed by atoms with Crippen LogP contribution in [-0.2, 0) is 26.3 Å². The van der Waals surface area contributed by atoms with Crippen LogP contribution < -0.4 is 0 Å². The molecule has 8 nitrogen and oxygen atoms in total. The average molecular weight is 485 g/mol. The van der Waals surface area contributed by atoms with E-state index in [-0.39, 0.29) is 9.79 Å². The molecule has 11 heteroatoms. The SMILES string of the molecule is CCc1cc(C#N)ccc1S(=O)(=O)N1C[C@H](S(=O)(=O)c2ccc(Cl)cc2)[C@](O)(CO)C1. The topological polar surface area (TPSA) is 136 Å². The van der Waals surface area contributed by atoms with E-state index < -0.39 is 50.4 Å². The van der Waals surface area contributed by atoms with Gasteiger partial charge >= 0.3 is 0 Å². The van der Waals surface area contributed by atoms with Crippen LogP contribution in [0.25, 0.3) is 0 Å². The summed E-state index contributed by atoms with van der Waals surface area (Å²) >= 11 is 5.81. The molecule has 2 aromatic rings. The maximum atomic E-state index is 13.3. The van der Waals surface area contributed by atoms with E-state index in [1.807, 2.05) is 6.07 Å². The second kappa shape index (κ2) is 8.50. The van der Waals surface area contributed by atoms with Crippen LogP contribution in [0.1, 0.15) is 18.1 Å². The summed E-state index contributed by atoms with van der Waals surface area (Å²) in [6.07, 6.45) is 0.328. The van der Waals surface area contributed by atoms with Gasteiger partial charge in [-0.15, -0.1) is 0 Å². The Morgan fingerprint density at radius 1 is 1.19 bits per heavy atom. The zero-order chi connectivity index (χ0) is 23.0. The van der Waals surface area contributed by atoms with Crippen molar-refractivity contribution in [2.75, 3.05) is 19.7 Å². The second-order valence-electron chi connectivity index (χ2n) is 7.33. The van der Waals surface area contributed by atoms with Crippen molar-refractivity contribution in [1.82, 2.24) is 4.31 Å². The molecule has 0 saturated carbocycles. The van der Waals surface area contributed by atoms with Crippen LogP contribution in [0.15, 0.2) is 52.3 Å². The molecule has 1 fully saturated rings. The maximum Gasteiger partial charge on any atom is 0.243 e. The summed E-state index contributed by atoms with van der Waals surface area (Å²) in [5.41, 5.74) is -1.49. The molecule has 0 radical (unpaired) electrons. The first kappa shape index (κ1) is 23.7. The number of rotatable bonds is 6. The Bertz CT molecular complexity index is 1240. The third kappa shape index (κ3) is 4.22. The Balaban J connectivity index is 2.04. The number of nitriles is 1. The van der Waals surface area contributed by atoms with E-state index in [0.717, 1.165) is 4.31 Å². The highest BCUT2D eigenvalue weighted by molar-refractivity contribution is 7.92. The molecule has 3 rings (SSSR count). The smallest absolute Gasteiger partial charge is 0.243 e. The highest BCUT2D eigenvalue weighted by Gasteiger charge is 2.55. The van der Waals surface area contributed by atoms with Crippen LogP contribution >= 0.6 is 11.6 Å². The molecule has 2 atom stereocenters. The molecule has 2 aromatic carbocycles. The van der Waals surface area contributed by atoms with Gasteiger partial charge in [-0.3, -0.25) is 0 Å². The fourth-order valence-electron chi connectivity index (χ4n) is 3.65. The molecule has 1 saturated heterocycles. The van der Waals surface area contributed by atoms with Crippen molar-refractivity contribution in [3.63, 3.8) is 0 Å². The number of hydrogen-bond acceptors (Lipinski definition) is 7. The lowest BCUT2D eigenvalue weighted by atomic mass is 10.1. The van der Waals surface area contributed by atoms with Crippen molar-refractivity contribution < 1.29 is 27.0 Å². The predicted octanol–water partition coefficient (Wildman–Crippen LogP) is 1.34. The zero-order valence-electron chi connectivity index (χ0n) is 16.6. The highest BCUT2D eigenvalue weighted by Crippen LogP contribution is 2.35. The molecule has 0 spiro atoms. The maximum absolute atomic E-state index is 13.3. The minimum atomic E-state index is -4.20. The van der Waals surface area contributed by atoms with E-state index >= 15 is 0 Å². The van der Waals surface area contributed by atoms with Crippen molar-refractivity contribution in [3.05, 3.63) is 58.6 Å². The molecule has 2 N–H and O–H groups in total. The molecule has 0 bridgehead atoms. The molecule has 0 aromatic heterocycles. The van der Waals surface area contributed by atoms with Gasteiger partial charge in [0.25, 0.3) is 0 Å². The molecule has 1 aliphatic heterocycles. The van der Waals surface area contributed by atoms with Crippen LogP contribution in [0.4, 0.5) is 0 Å². The summed E-state index contributed by atoms with van der Waals surface area (Å²) in [6.45, 7) is -0.332. The fraction of sp³-hybridized carbons (Fsp3) is 0.350. The molecule has 31 heavy (non-hydrogen) atoms. The zero-order valence-corrected chi connectivity index (χ0v) is 19.0. The summed E-state index contributed by atoms with van der Waals surface area (Å²) in [7, 11) is -8.40. The van der Waals surface area contributed by atoms with E-state index in [2.05, 4.69) is 0 Å². The molecule has 0 unspecified atom stereocenters. The van der Waals surface area contributed by atoms with Crippen LogP contribution in [0.3, 0.4) is 0 Å². The van der Waals surface area contributed by atoms with Gasteiger partial charge in [0, 0.05) is 18.1 Å². The first-order chi connectivity index (χ1) is 14.5. The quantitative estimate of drug-likeness (QED) is 0.631. The number of halogens is 1. The molecule has 0 aliphatic carbocycles. The van der Waals surface area contributed by atoms with E-state index in [4.69, 9.17) is 16.9 Å². The normalized spacial score (nSPS) is 22.4. The second-order valence-corrected chi connectivity index (χ2v) is 11.8. The van der Waals surface area contributed by atoms with Gasteiger partial charge in [-0.1, -0.05) is 18.5 Å². The third-order valence-corrected chi connectivity index (χ3v) is 9.83. The van der Waals surface area contributed by atoms with Gasteiger partial charge < -0.3 is 10.2 Å². The lowest BCUT2D eigenvalue weighted by Crippen LogP contribution is -2.49. The number of aryl methyl sites for hydroxylation is 1. The number of aliphatic hydroxyl groups excluding tert-OH is 1. The first-order valence-corrected chi connectivity index (χ1v) is 12.7. The minimum Gasteiger partial charge on any atom is -0.393 e. The number of aliphatic hydroxyl groups is 2. The van der Waals surface area contributed by atoms with Gasteiger partial charge in [0.05, 0.1) is 28.0 Å². The predicted molar refractivity (Wildman–Crippen MR) is 114 cm³/mol. The number of β-amino-alcohol motifs (C(OH)–C–C–N with tert-alkyl or cyclic N) is 1. The minimum absolute atomic E-state index is 0.0705. The Kier molecular flexibility index (Phi) is 6.49. The standard InChI is InChI=1S/C20H21ClN2O6S2/c1-2-15-9-14(10-22)3-8-18(15)31(28,29)23-11-19(20(25,12-23)13-24)30(26,27)17-6-4-16(21)5-7-17/h3-9,19,24-25H,2,11-13H2,1H3/t19-,20+/m0/s1. The van der Waals surface area contributed by atoms with Crippen molar-refractivity contribution in [2.24, 2.45) is 0 Å². The summed E-state index contributed by atoms with van der Waals surface area (Å²) in [4.78, 5) is -0.209. The van der Waals surface area contributed by atoms with E-state index in [0.29, 0.717) is 22.6 Å². The molecular formula is C20H21ClN2O6S2. The van der Waals surface area contributed by atoms with Gasteiger partial charge in [0.15, 0.2) is 9.84 Å². The monoisotopic (exact) mass is 484 g/mol. The van der Waals surface area contributed by atoms with Crippen LogP contribution in [0.2, 0.25) is 5.02 Å². The molecule has 166 valence electrons. The Labute approximate surface area is 186 Å². The lowest BCUT2D eigenvalue weighted by molar-refractivity contribution is 0.00160. The summed E-state index contributed by atoms with van der Waals surface area (Å²) in [5.74, 6) is 0. The molecule has 0 amide bonds. The third-order valence-electron chi connectivity index (χ3n) is 5.40. The molecular weight excluding hydrogens is 464 g/mol. The number of benzene rings is 2. The van der Waals surface area contributed by atoms with Gasteiger partial charge in [-0.05, 0) is 54.4 Å². The Hall–Kier alpha value is -2.00. The van der Waals surface area contributed by atoms with Crippen LogP contribution in [0, 0.1) is 11.3 Å². The Morgan fingerprint density at radius 2 is 1.84 bits per heavy atom. The van der Waals surface area contributed by atoms with Gasteiger partial charge in [-0.2, -0.15) is 9.57 Å². The Morgan fingerprint density at radius 3 is 2.39 bits per heavy atom. The van der Waals surface area contributed by atoms with Gasteiger partial charge in [-0.25, -0.2) is 16.8 Å². The van der Waals surface area contributed by atoms with Crippen molar-refractivity contribution in [3.8, 4) is 6.07 Å². The molecule has 1 aliphatic rings. The number of sulfone groups is 1. The number of hydrogen-bond donors (Lipinski definition) is 2. The van der Waals surface area contributed by atoms with Crippen molar-refractivity contribution in [1.29, 1.82) is 5.26 Å². The summed E-state index contributed by atoms with van der Waals surface area (Å²) < 4.78 is 53.8. The van der Waals surface area contributed by atoms with E-state index in [1.54, 1.807) is 6.92 Å².